The van der Waals surface area contributed by atoms with E-state index in [9.17, 15) is 18.3 Å². The quantitative estimate of drug-likeness (QED) is 0.914. The molecule has 2 heterocycles. The molecule has 1 aliphatic heterocycles. The van der Waals surface area contributed by atoms with Gasteiger partial charge in [-0.2, -0.15) is 18.4 Å². The third-order valence-electron chi connectivity index (χ3n) is 4.43. The van der Waals surface area contributed by atoms with Crippen molar-refractivity contribution in [2.45, 2.75) is 37.6 Å². The van der Waals surface area contributed by atoms with Crippen LogP contribution in [0.1, 0.15) is 25.0 Å². The molecule has 2 unspecified atom stereocenters. The lowest BCUT2D eigenvalue weighted by atomic mass is 9.95. The van der Waals surface area contributed by atoms with Crippen molar-refractivity contribution in [3.63, 3.8) is 0 Å². The fourth-order valence-electron chi connectivity index (χ4n) is 3.26. The molecular weight excluding hydrogens is 319 g/mol. The summed E-state index contributed by atoms with van der Waals surface area (Å²) in [6, 6.07) is 7.86. The van der Waals surface area contributed by atoms with E-state index in [1.54, 1.807) is 29.2 Å². The third kappa shape index (κ3) is 3.02. The predicted molar refractivity (Wildman–Crippen MR) is 83.5 cm³/mol. The number of benzene rings is 1. The molecule has 1 N–H and O–H groups in total. The van der Waals surface area contributed by atoms with Gasteiger partial charge in [0.05, 0.1) is 6.04 Å². The molecule has 0 spiro atoms. The highest BCUT2D eigenvalue weighted by atomic mass is 19.4. The van der Waals surface area contributed by atoms with Crippen LogP contribution in [0.25, 0.3) is 10.8 Å². The number of rotatable bonds is 2. The van der Waals surface area contributed by atoms with E-state index in [1.807, 2.05) is 6.07 Å². The molecule has 1 saturated heterocycles. The van der Waals surface area contributed by atoms with Crippen LogP contribution in [0.5, 0.6) is 0 Å². The number of fused-ring (bicyclic) bond motifs is 1. The lowest BCUT2D eigenvalue weighted by Crippen LogP contribution is -2.52. The number of aliphatic hydroxyl groups is 1. The van der Waals surface area contributed by atoms with E-state index in [0.29, 0.717) is 30.5 Å². The molecule has 0 amide bonds. The van der Waals surface area contributed by atoms with Gasteiger partial charge in [0.25, 0.3) is 0 Å². The summed E-state index contributed by atoms with van der Waals surface area (Å²) in [6.07, 6.45) is -3.79. The highest BCUT2D eigenvalue weighted by molar-refractivity contribution is 5.89. The van der Waals surface area contributed by atoms with Gasteiger partial charge >= 0.3 is 6.18 Å². The first-order valence-corrected chi connectivity index (χ1v) is 7.72. The number of hydrogen-bond acceptors (Lipinski definition) is 4. The molecule has 1 aliphatic rings. The zero-order chi connectivity index (χ0) is 17.3. The highest BCUT2D eigenvalue weighted by Crippen LogP contribution is 2.34. The molecule has 4 nitrogen and oxygen atoms in total. The molecule has 2 aromatic rings. The zero-order valence-corrected chi connectivity index (χ0v) is 12.8. The average Bonchev–Trinajstić information content (AvgIpc) is 2.59. The van der Waals surface area contributed by atoms with Crippen molar-refractivity contribution in [1.29, 1.82) is 5.26 Å². The van der Waals surface area contributed by atoms with E-state index < -0.39 is 18.3 Å². The van der Waals surface area contributed by atoms with Crippen LogP contribution in [0.2, 0.25) is 0 Å². The minimum absolute atomic E-state index is 0.282. The number of aromatic nitrogens is 1. The number of anilines is 1. The van der Waals surface area contributed by atoms with Crippen molar-refractivity contribution >= 4 is 16.5 Å². The van der Waals surface area contributed by atoms with Gasteiger partial charge in [-0.05, 0) is 48.9 Å². The van der Waals surface area contributed by atoms with Crippen molar-refractivity contribution in [2.75, 3.05) is 11.4 Å². The topological polar surface area (TPSA) is 60.2 Å². The number of pyridine rings is 1. The Morgan fingerprint density at radius 2 is 2.08 bits per heavy atom. The first kappa shape index (κ1) is 16.5. The molecule has 0 saturated carbocycles. The van der Waals surface area contributed by atoms with E-state index in [4.69, 9.17) is 5.26 Å². The smallest absolute Gasteiger partial charge is 0.382 e. The van der Waals surface area contributed by atoms with Gasteiger partial charge in [-0.25, -0.2) is 4.98 Å². The van der Waals surface area contributed by atoms with Crippen LogP contribution in [0.15, 0.2) is 30.5 Å². The number of hydrogen-bond donors (Lipinski definition) is 1. The summed E-state index contributed by atoms with van der Waals surface area (Å²) < 4.78 is 38.9. The van der Waals surface area contributed by atoms with E-state index in [1.165, 1.54) is 6.20 Å². The minimum Gasteiger partial charge on any atom is -0.382 e. The molecule has 24 heavy (non-hydrogen) atoms. The molecule has 0 bridgehead atoms. The largest absolute Gasteiger partial charge is 0.416 e. The summed E-state index contributed by atoms with van der Waals surface area (Å²) in [6.45, 7) is 0.458. The first-order chi connectivity index (χ1) is 11.4. The van der Waals surface area contributed by atoms with Gasteiger partial charge in [-0.3, -0.25) is 0 Å². The van der Waals surface area contributed by atoms with Gasteiger partial charge < -0.3 is 10.0 Å². The van der Waals surface area contributed by atoms with E-state index in [0.717, 1.165) is 11.8 Å². The van der Waals surface area contributed by atoms with Gasteiger partial charge in [-0.1, -0.05) is 0 Å². The Kier molecular flexibility index (Phi) is 4.33. The van der Waals surface area contributed by atoms with Crippen molar-refractivity contribution in [3.8, 4) is 6.07 Å². The maximum absolute atomic E-state index is 13.0. The van der Waals surface area contributed by atoms with E-state index in [2.05, 4.69) is 4.98 Å². The number of nitriles is 1. The normalized spacial score (nSPS) is 20.0. The van der Waals surface area contributed by atoms with Crippen LogP contribution in [0.3, 0.4) is 0 Å². The number of aliphatic hydroxyl groups excluding tert-OH is 1. The molecule has 1 aromatic heterocycles. The molecule has 126 valence electrons. The number of alkyl halides is 3. The number of halogens is 3. The summed E-state index contributed by atoms with van der Waals surface area (Å²) >= 11 is 0. The fraction of sp³-hybridized carbons (Fsp3) is 0.412. The second-order valence-corrected chi connectivity index (χ2v) is 5.92. The van der Waals surface area contributed by atoms with E-state index in [-0.39, 0.29) is 5.69 Å². The molecule has 1 aromatic carbocycles. The van der Waals surface area contributed by atoms with Crippen LogP contribution >= 0.6 is 0 Å². The van der Waals surface area contributed by atoms with Gasteiger partial charge in [0.1, 0.15) is 11.8 Å². The van der Waals surface area contributed by atoms with Crippen LogP contribution in [0.4, 0.5) is 18.9 Å². The Morgan fingerprint density at radius 3 is 2.79 bits per heavy atom. The lowest BCUT2D eigenvalue weighted by molar-refractivity contribution is -0.211. The molecule has 0 radical (unpaired) electrons. The maximum Gasteiger partial charge on any atom is 0.416 e. The first-order valence-electron chi connectivity index (χ1n) is 7.72. The Morgan fingerprint density at radius 1 is 1.29 bits per heavy atom. The monoisotopic (exact) mass is 335 g/mol. The summed E-state index contributed by atoms with van der Waals surface area (Å²) in [4.78, 5) is 5.60. The summed E-state index contributed by atoms with van der Waals surface area (Å²) in [5.41, 5.74) is 0.898. The van der Waals surface area contributed by atoms with Gasteiger partial charge in [-0.15, -0.1) is 0 Å². The Balaban J connectivity index is 1.99. The van der Waals surface area contributed by atoms with Crippen molar-refractivity contribution < 1.29 is 18.3 Å². The van der Waals surface area contributed by atoms with Crippen LogP contribution in [-0.2, 0) is 0 Å². The zero-order valence-electron chi connectivity index (χ0n) is 12.8. The number of piperidine rings is 1. The van der Waals surface area contributed by atoms with Crippen molar-refractivity contribution in [3.05, 3.63) is 36.2 Å². The third-order valence-corrected chi connectivity index (χ3v) is 4.43. The highest BCUT2D eigenvalue weighted by Gasteiger charge is 2.46. The number of nitrogens with zero attached hydrogens (tertiary/aromatic N) is 3. The maximum atomic E-state index is 13.0. The molecule has 1 fully saturated rings. The molecule has 7 heteroatoms. The van der Waals surface area contributed by atoms with Gasteiger partial charge in [0.2, 0.25) is 0 Å². The summed E-state index contributed by atoms with van der Waals surface area (Å²) in [5.74, 6) is 0. The second-order valence-electron chi connectivity index (χ2n) is 5.92. The fourth-order valence-corrected chi connectivity index (χ4v) is 3.26. The summed E-state index contributed by atoms with van der Waals surface area (Å²) in [5, 5.41) is 20.2. The average molecular weight is 335 g/mol. The van der Waals surface area contributed by atoms with Gasteiger partial charge in [0, 0.05) is 23.8 Å². The van der Waals surface area contributed by atoms with Crippen LogP contribution < -0.4 is 4.90 Å². The van der Waals surface area contributed by atoms with Gasteiger partial charge in [0.15, 0.2) is 6.10 Å². The molecule has 0 aliphatic carbocycles. The molecular formula is C17H16F3N3O. The molecule has 2 atom stereocenters. The van der Waals surface area contributed by atoms with Crippen LogP contribution in [0, 0.1) is 11.3 Å². The van der Waals surface area contributed by atoms with Crippen LogP contribution in [-0.4, -0.2) is 35.0 Å². The predicted octanol–water partition coefficient (Wildman–Crippen LogP) is 3.39. The summed E-state index contributed by atoms with van der Waals surface area (Å²) in [7, 11) is 0. The van der Waals surface area contributed by atoms with Crippen molar-refractivity contribution in [1.82, 2.24) is 4.98 Å². The van der Waals surface area contributed by atoms with Crippen molar-refractivity contribution in [2.24, 2.45) is 0 Å². The Hall–Kier alpha value is -2.33. The van der Waals surface area contributed by atoms with E-state index >= 15 is 0 Å². The lowest BCUT2D eigenvalue weighted by Gasteiger charge is -2.40. The Labute approximate surface area is 137 Å². The minimum atomic E-state index is -4.64. The SMILES string of the molecule is N#Cc1nccc2cc(N3CCCCC3C(O)C(F)(F)F)ccc12. The Bertz CT molecular complexity index is 785. The molecule has 3 rings (SSSR count). The second kappa shape index (κ2) is 6.29. The standard InChI is InChI=1S/C17H16F3N3O/c18-17(19,20)16(24)15-3-1-2-8-23(15)12-4-5-13-11(9-12)6-7-22-14(13)10-21/h4-7,9,15-16,24H,1-3,8H2.